The lowest BCUT2D eigenvalue weighted by Gasteiger charge is -2.28. The molecular formula is C7H14BFO4. The third kappa shape index (κ3) is 1.38. The van der Waals surface area contributed by atoms with Gasteiger partial charge in [-0.05, 0) is 6.42 Å². The molecule has 3 N–H and O–H groups in total. The van der Waals surface area contributed by atoms with Gasteiger partial charge in [-0.15, -0.1) is 0 Å². The van der Waals surface area contributed by atoms with Crippen molar-refractivity contribution in [2.45, 2.75) is 36.9 Å². The fourth-order valence-corrected chi connectivity index (χ4v) is 1.66. The molecule has 0 amide bonds. The SMILES string of the molecule is B[C@@H]1O[C@](F)(CO)[C@@H](O)[C@]1(O)CC. The predicted octanol–water partition coefficient (Wildman–Crippen LogP) is -1.86. The molecule has 0 spiro atoms. The average molecular weight is 192 g/mol. The second-order valence-electron chi connectivity index (χ2n) is 3.45. The highest BCUT2D eigenvalue weighted by atomic mass is 19.2. The van der Waals surface area contributed by atoms with Gasteiger partial charge in [-0.1, -0.05) is 6.92 Å². The van der Waals surface area contributed by atoms with E-state index in [-0.39, 0.29) is 6.42 Å². The summed E-state index contributed by atoms with van der Waals surface area (Å²) >= 11 is 0. The Morgan fingerprint density at radius 2 is 2.15 bits per heavy atom. The Morgan fingerprint density at radius 1 is 1.62 bits per heavy atom. The summed E-state index contributed by atoms with van der Waals surface area (Å²) in [5, 5.41) is 27.9. The third-order valence-electron chi connectivity index (χ3n) is 2.74. The number of alkyl halides is 1. The van der Waals surface area contributed by atoms with Gasteiger partial charge in [0.05, 0.1) is 6.00 Å². The Bertz CT molecular complexity index is 205. The van der Waals surface area contributed by atoms with Crippen LogP contribution in [-0.4, -0.2) is 53.3 Å². The van der Waals surface area contributed by atoms with Gasteiger partial charge in [-0.3, -0.25) is 0 Å². The van der Waals surface area contributed by atoms with Crippen molar-refractivity contribution in [3.8, 4) is 0 Å². The van der Waals surface area contributed by atoms with Crippen LogP contribution >= 0.6 is 0 Å². The Morgan fingerprint density at radius 3 is 2.38 bits per heavy atom. The molecular weight excluding hydrogens is 178 g/mol. The van der Waals surface area contributed by atoms with Crippen molar-refractivity contribution >= 4 is 7.85 Å². The van der Waals surface area contributed by atoms with Crippen molar-refractivity contribution < 1.29 is 24.4 Å². The maximum absolute atomic E-state index is 13.5. The average Bonchev–Trinajstić information content (AvgIpc) is 2.29. The van der Waals surface area contributed by atoms with Gasteiger partial charge in [0.1, 0.15) is 26.2 Å². The highest BCUT2D eigenvalue weighted by Gasteiger charge is 2.61. The van der Waals surface area contributed by atoms with Crippen molar-refractivity contribution in [2.24, 2.45) is 0 Å². The normalized spacial score (nSPS) is 51.2. The zero-order chi connectivity index (χ0) is 10.3. The molecule has 0 aromatic rings. The highest BCUT2D eigenvalue weighted by molar-refractivity contribution is 6.12. The molecule has 1 saturated heterocycles. The topological polar surface area (TPSA) is 69.9 Å². The first-order valence-electron chi connectivity index (χ1n) is 4.28. The van der Waals surface area contributed by atoms with E-state index in [0.29, 0.717) is 0 Å². The van der Waals surface area contributed by atoms with Crippen LogP contribution in [0.2, 0.25) is 0 Å². The monoisotopic (exact) mass is 192 g/mol. The molecule has 0 aromatic carbocycles. The molecule has 13 heavy (non-hydrogen) atoms. The Hall–Kier alpha value is -0.165. The molecule has 0 unspecified atom stereocenters. The summed E-state index contributed by atoms with van der Waals surface area (Å²) in [7, 11) is 1.46. The van der Waals surface area contributed by atoms with Gasteiger partial charge in [-0.2, -0.15) is 0 Å². The van der Waals surface area contributed by atoms with Crippen LogP contribution in [0, 0.1) is 0 Å². The van der Waals surface area contributed by atoms with Gasteiger partial charge in [0.2, 0.25) is 0 Å². The Balaban J connectivity index is 2.93. The summed E-state index contributed by atoms with van der Waals surface area (Å²) in [4.78, 5) is 0. The van der Waals surface area contributed by atoms with Crippen molar-refractivity contribution in [1.29, 1.82) is 0 Å². The predicted molar refractivity (Wildman–Crippen MR) is 45.6 cm³/mol. The fraction of sp³-hybridized carbons (Fsp3) is 1.00. The minimum absolute atomic E-state index is 0.168. The second kappa shape index (κ2) is 3.20. The van der Waals surface area contributed by atoms with Crippen molar-refractivity contribution in [3.05, 3.63) is 0 Å². The molecule has 1 rings (SSSR count). The molecule has 0 aromatic heterocycles. The maximum atomic E-state index is 13.5. The van der Waals surface area contributed by atoms with Gasteiger partial charge in [0, 0.05) is 0 Å². The Kier molecular flexibility index (Phi) is 2.69. The van der Waals surface area contributed by atoms with E-state index in [4.69, 9.17) is 9.84 Å². The molecule has 1 aliphatic rings. The zero-order valence-corrected chi connectivity index (χ0v) is 7.70. The number of hydrogen-bond donors (Lipinski definition) is 3. The quantitative estimate of drug-likeness (QED) is 0.448. The summed E-state index contributed by atoms with van der Waals surface area (Å²) in [6.45, 7) is 0.660. The van der Waals surface area contributed by atoms with Crippen LogP contribution in [0.1, 0.15) is 13.3 Å². The van der Waals surface area contributed by atoms with Gasteiger partial charge >= 0.3 is 0 Å². The number of rotatable bonds is 2. The number of aliphatic hydroxyl groups excluding tert-OH is 2. The first-order chi connectivity index (χ1) is 5.90. The van der Waals surface area contributed by atoms with Crippen LogP contribution in [-0.2, 0) is 4.74 Å². The van der Waals surface area contributed by atoms with Crippen LogP contribution in [0.5, 0.6) is 0 Å². The van der Waals surface area contributed by atoms with Crippen LogP contribution in [0.15, 0.2) is 0 Å². The first kappa shape index (κ1) is 10.9. The van der Waals surface area contributed by atoms with E-state index in [0.717, 1.165) is 0 Å². The smallest absolute Gasteiger partial charge is 0.261 e. The van der Waals surface area contributed by atoms with Gasteiger partial charge in [0.25, 0.3) is 5.85 Å². The summed E-state index contributed by atoms with van der Waals surface area (Å²) in [6.07, 6.45) is -1.54. The minimum Gasteiger partial charge on any atom is -0.390 e. The van der Waals surface area contributed by atoms with Crippen molar-refractivity contribution in [1.82, 2.24) is 0 Å². The standard InChI is InChI=1S/C7H14BFO4/c1-2-6(12)4(11)7(9,3-10)13-5(6)8/h4-5,10-12H,2-3,8H2,1H3/t4-,5+,6+,7+/m0/s1. The van der Waals surface area contributed by atoms with E-state index in [2.05, 4.69) is 0 Å². The lowest BCUT2D eigenvalue weighted by atomic mass is 9.78. The molecule has 4 atom stereocenters. The van der Waals surface area contributed by atoms with Crippen LogP contribution in [0.4, 0.5) is 4.39 Å². The molecule has 0 bridgehead atoms. The summed E-state index contributed by atoms with van der Waals surface area (Å²) in [5.74, 6) is -2.54. The van der Waals surface area contributed by atoms with Gasteiger partial charge in [0.15, 0.2) is 0 Å². The van der Waals surface area contributed by atoms with Crippen LogP contribution < -0.4 is 0 Å². The first-order valence-corrected chi connectivity index (χ1v) is 4.28. The molecule has 0 aliphatic carbocycles. The highest BCUT2D eigenvalue weighted by Crippen LogP contribution is 2.39. The van der Waals surface area contributed by atoms with E-state index in [1.807, 2.05) is 0 Å². The van der Waals surface area contributed by atoms with Crippen LogP contribution in [0.3, 0.4) is 0 Å². The van der Waals surface area contributed by atoms with Crippen molar-refractivity contribution in [2.75, 3.05) is 6.61 Å². The summed E-state index contributed by atoms with van der Waals surface area (Å²) < 4.78 is 18.2. The lowest BCUT2D eigenvalue weighted by molar-refractivity contribution is -0.190. The Labute approximate surface area is 76.7 Å². The summed E-state index contributed by atoms with van der Waals surface area (Å²) in [5.41, 5.74) is -1.61. The van der Waals surface area contributed by atoms with Gasteiger partial charge < -0.3 is 20.1 Å². The second-order valence-corrected chi connectivity index (χ2v) is 3.45. The van der Waals surface area contributed by atoms with Crippen LogP contribution in [0.25, 0.3) is 0 Å². The molecule has 1 heterocycles. The van der Waals surface area contributed by atoms with E-state index in [9.17, 15) is 14.6 Å². The maximum Gasteiger partial charge on any atom is 0.261 e. The molecule has 4 nitrogen and oxygen atoms in total. The largest absolute Gasteiger partial charge is 0.390 e. The van der Waals surface area contributed by atoms with Gasteiger partial charge in [-0.25, -0.2) is 4.39 Å². The summed E-state index contributed by atoms with van der Waals surface area (Å²) in [6, 6.07) is -0.829. The third-order valence-corrected chi connectivity index (χ3v) is 2.74. The molecule has 0 saturated carbocycles. The number of ether oxygens (including phenoxy) is 1. The number of hydrogen-bond acceptors (Lipinski definition) is 4. The number of halogens is 1. The molecule has 1 aliphatic heterocycles. The lowest BCUT2D eigenvalue weighted by Crippen LogP contribution is -2.51. The minimum atomic E-state index is -2.54. The van der Waals surface area contributed by atoms with E-state index >= 15 is 0 Å². The zero-order valence-electron chi connectivity index (χ0n) is 7.70. The molecule has 1 fully saturated rings. The molecule has 76 valence electrons. The van der Waals surface area contributed by atoms with E-state index < -0.39 is 30.2 Å². The number of aliphatic hydroxyl groups is 3. The fourth-order valence-electron chi connectivity index (χ4n) is 1.66. The van der Waals surface area contributed by atoms with E-state index in [1.165, 1.54) is 7.85 Å². The van der Waals surface area contributed by atoms with Crippen molar-refractivity contribution in [3.63, 3.8) is 0 Å². The molecule has 0 radical (unpaired) electrons. The molecule has 6 heteroatoms. The van der Waals surface area contributed by atoms with E-state index in [1.54, 1.807) is 6.92 Å².